The van der Waals surface area contributed by atoms with E-state index in [1.807, 2.05) is 48.8 Å². The summed E-state index contributed by atoms with van der Waals surface area (Å²) in [5.41, 5.74) is 3.77. The van der Waals surface area contributed by atoms with Crippen molar-refractivity contribution in [3.63, 3.8) is 0 Å². The summed E-state index contributed by atoms with van der Waals surface area (Å²) in [5, 5.41) is 0. The predicted octanol–water partition coefficient (Wildman–Crippen LogP) is 4.45. The third-order valence-corrected chi connectivity index (χ3v) is 4.18. The Kier molecular flexibility index (Phi) is 5.27. The minimum Gasteiger partial charge on any atom is -0.497 e. The number of hydrogen-bond donors (Lipinski definition) is 0. The van der Waals surface area contributed by atoms with E-state index in [1.54, 1.807) is 28.4 Å². The Morgan fingerprint density at radius 2 is 1.04 bits per heavy atom. The van der Waals surface area contributed by atoms with Gasteiger partial charge in [0.05, 0.1) is 28.4 Å². The molecule has 1 aromatic heterocycles. The molecule has 0 amide bonds. The zero-order chi connectivity index (χ0) is 18.5. The Labute approximate surface area is 153 Å². The zero-order valence-electron chi connectivity index (χ0n) is 15.3. The van der Waals surface area contributed by atoms with Gasteiger partial charge in [-0.15, -0.1) is 0 Å². The van der Waals surface area contributed by atoms with Gasteiger partial charge in [0.15, 0.2) is 0 Å². The van der Waals surface area contributed by atoms with Crippen LogP contribution in [-0.4, -0.2) is 33.4 Å². The molecule has 0 radical (unpaired) electrons. The maximum Gasteiger partial charge on any atom is 0.130 e. The fourth-order valence-electron chi connectivity index (χ4n) is 2.81. The molecule has 26 heavy (non-hydrogen) atoms. The molecule has 0 spiro atoms. The summed E-state index contributed by atoms with van der Waals surface area (Å²) in [7, 11) is 6.54. The largest absolute Gasteiger partial charge is 0.497 e. The second kappa shape index (κ2) is 7.78. The van der Waals surface area contributed by atoms with Gasteiger partial charge in [-0.05, 0) is 30.3 Å². The third kappa shape index (κ3) is 3.42. The molecule has 0 aliphatic carbocycles. The van der Waals surface area contributed by atoms with Crippen molar-refractivity contribution in [2.24, 2.45) is 0 Å². The van der Waals surface area contributed by atoms with Crippen LogP contribution < -0.4 is 18.9 Å². The molecule has 0 fully saturated rings. The molecule has 2 aromatic carbocycles. The van der Waals surface area contributed by atoms with Gasteiger partial charge in [0.25, 0.3) is 0 Å². The molecule has 3 aromatic rings. The minimum absolute atomic E-state index is 0.727. The highest BCUT2D eigenvalue weighted by Crippen LogP contribution is 2.37. The first-order valence-corrected chi connectivity index (χ1v) is 8.10. The third-order valence-electron chi connectivity index (χ3n) is 4.18. The average Bonchev–Trinajstić information content (AvgIpc) is 2.72. The molecule has 3 rings (SSSR count). The van der Waals surface area contributed by atoms with E-state index in [1.165, 1.54) is 0 Å². The molecule has 1 heterocycles. The Morgan fingerprint density at radius 1 is 0.577 bits per heavy atom. The summed E-state index contributed by atoms with van der Waals surface area (Å²) in [5.74, 6) is 2.94. The SMILES string of the molecule is COc1ccc(-c2cncc(-c3ccc(OC)cc3OC)c2)c(OC)c1. The van der Waals surface area contributed by atoms with Gasteiger partial charge in [0.2, 0.25) is 0 Å². The second-order valence-electron chi connectivity index (χ2n) is 5.59. The smallest absolute Gasteiger partial charge is 0.130 e. The van der Waals surface area contributed by atoms with Gasteiger partial charge < -0.3 is 18.9 Å². The molecule has 0 unspecified atom stereocenters. The molecule has 0 saturated heterocycles. The van der Waals surface area contributed by atoms with Crippen LogP contribution in [0.4, 0.5) is 0 Å². The molecular weight excluding hydrogens is 330 g/mol. The van der Waals surface area contributed by atoms with Crippen molar-refractivity contribution in [2.75, 3.05) is 28.4 Å². The molecule has 0 saturated carbocycles. The number of ether oxygens (including phenoxy) is 4. The molecule has 0 aliphatic rings. The maximum atomic E-state index is 5.51. The summed E-state index contributed by atoms with van der Waals surface area (Å²) in [6.07, 6.45) is 3.62. The Balaban J connectivity index is 2.07. The monoisotopic (exact) mass is 351 g/mol. The highest BCUT2D eigenvalue weighted by Gasteiger charge is 2.12. The van der Waals surface area contributed by atoms with Crippen molar-refractivity contribution in [3.05, 3.63) is 54.9 Å². The van der Waals surface area contributed by atoms with Gasteiger partial charge in [-0.25, -0.2) is 0 Å². The van der Waals surface area contributed by atoms with Crippen molar-refractivity contribution < 1.29 is 18.9 Å². The molecular formula is C21H21NO4. The van der Waals surface area contributed by atoms with Crippen LogP contribution in [0.3, 0.4) is 0 Å². The Hall–Kier alpha value is -3.21. The molecule has 134 valence electrons. The number of pyridine rings is 1. The van der Waals surface area contributed by atoms with Crippen LogP contribution in [0.25, 0.3) is 22.3 Å². The van der Waals surface area contributed by atoms with E-state index < -0.39 is 0 Å². The van der Waals surface area contributed by atoms with Gasteiger partial charge in [-0.2, -0.15) is 0 Å². The molecule has 5 nitrogen and oxygen atoms in total. The van der Waals surface area contributed by atoms with Crippen LogP contribution in [0.15, 0.2) is 54.9 Å². The van der Waals surface area contributed by atoms with E-state index in [9.17, 15) is 0 Å². The van der Waals surface area contributed by atoms with Crippen LogP contribution in [-0.2, 0) is 0 Å². The number of hydrogen-bond acceptors (Lipinski definition) is 5. The van der Waals surface area contributed by atoms with E-state index in [0.717, 1.165) is 45.3 Å². The Morgan fingerprint density at radius 3 is 1.42 bits per heavy atom. The number of benzene rings is 2. The molecule has 0 atom stereocenters. The summed E-state index contributed by atoms with van der Waals surface area (Å²) >= 11 is 0. The number of nitrogens with zero attached hydrogens (tertiary/aromatic N) is 1. The van der Waals surface area contributed by atoms with Gasteiger partial charge in [-0.1, -0.05) is 0 Å². The van der Waals surface area contributed by atoms with Crippen molar-refractivity contribution in [3.8, 4) is 45.3 Å². The normalized spacial score (nSPS) is 10.3. The first-order chi connectivity index (χ1) is 12.7. The van der Waals surface area contributed by atoms with Crippen molar-refractivity contribution in [1.29, 1.82) is 0 Å². The number of aromatic nitrogens is 1. The summed E-state index contributed by atoms with van der Waals surface area (Å²) in [6, 6.07) is 13.5. The van der Waals surface area contributed by atoms with E-state index >= 15 is 0 Å². The van der Waals surface area contributed by atoms with Gasteiger partial charge in [-0.3, -0.25) is 4.98 Å². The fourth-order valence-corrected chi connectivity index (χ4v) is 2.81. The molecule has 5 heteroatoms. The zero-order valence-corrected chi connectivity index (χ0v) is 15.3. The van der Waals surface area contributed by atoms with Crippen molar-refractivity contribution in [1.82, 2.24) is 4.98 Å². The maximum absolute atomic E-state index is 5.51. The highest BCUT2D eigenvalue weighted by atomic mass is 16.5. The molecule has 0 N–H and O–H groups in total. The lowest BCUT2D eigenvalue weighted by atomic mass is 10.0. The van der Waals surface area contributed by atoms with Crippen molar-refractivity contribution in [2.45, 2.75) is 0 Å². The highest BCUT2D eigenvalue weighted by molar-refractivity contribution is 5.78. The quantitative estimate of drug-likeness (QED) is 0.657. The topological polar surface area (TPSA) is 49.8 Å². The summed E-state index contributed by atoms with van der Waals surface area (Å²) in [4.78, 5) is 4.40. The summed E-state index contributed by atoms with van der Waals surface area (Å²) in [6.45, 7) is 0. The average molecular weight is 351 g/mol. The standard InChI is InChI=1S/C21H21NO4/c1-23-16-5-7-18(20(10-16)25-3)14-9-15(13-22-12-14)19-8-6-17(24-2)11-21(19)26-4/h5-13H,1-4H3. The first-order valence-electron chi connectivity index (χ1n) is 8.10. The summed E-state index contributed by atoms with van der Waals surface area (Å²) < 4.78 is 21.6. The second-order valence-corrected chi connectivity index (χ2v) is 5.59. The van der Waals surface area contributed by atoms with E-state index in [4.69, 9.17) is 18.9 Å². The molecule has 0 bridgehead atoms. The lowest BCUT2D eigenvalue weighted by molar-refractivity contribution is 0.395. The number of rotatable bonds is 6. The van der Waals surface area contributed by atoms with Gasteiger partial charge in [0, 0.05) is 46.8 Å². The van der Waals surface area contributed by atoms with Gasteiger partial charge >= 0.3 is 0 Å². The van der Waals surface area contributed by atoms with Crippen LogP contribution in [0, 0.1) is 0 Å². The Bertz CT molecular complexity index is 838. The fraction of sp³-hybridized carbons (Fsp3) is 0.190. The molecule has 0 aliphatic heterocycles. The number of methoxy groups -OCH3 is 4. The lowest BCUT2D eigenvalue weighted by Gasteiger charge is -2.13. The van der Waals surface area contributed by atoms with Crippen LogP contribution in [0.2, 0.25) is 0 Å². The minimum atomic E-state index is 0.727. The first kappa shape index (κ1) is 17.6. The van der Waals surface area contributed by atoms with E-state index in [-0.39, 0.29) is 0 Å². The predicted molar refractivity (Wildman–Crippen MR) is 101 cm³/mol. The van der Waals surface area contributed by atoms with E-state index in [2.05, 4.69) is 11.1 Å². The van der Waals surface area contributed by atoms with Crippen molar-refractivity contribution >= 4 is 0 Å². The van der Waals surface area contributed by atoms with Crippen LogP contribution in [0.5, 0.6) is 23.0 Å². The van der Waals surface area contributed by atoms with Crippen LogP contribution in [0.1, 0.15) is 0 Å². The van der Waals surface area contributed by atoms with E-state index in [0.29, 0.717) is 0 Å². The lowest BCUT2D eigenvalue weighted by Crippen LogP contribution is -1.93. The van der Waals surface area contributed by atoms with Gasteiger partial charge in [0.1, 0.15) is 23.0 Å². The van der Waals surface area contributed by atoms with Crippen LogP contribution >= 0.6 is 0 Å².